The van der Waals surface area contributed by atoms with Crippen molar-refractivity contribution in [2.24, 2.45) is 0 Å². The van der Waals surface area contributed by atoms with Crippen LogP contribution in [0.4, 0.5) is 5.13 Å². The molecule has 0 saturated heterocycles. The minimum absolute atomic E-state index is 0.377. The number of hydrogen-bond acceptors (Lipinski definition) is 8. The molecule has 0 atom stereocenters. The Labute approximate surface area is 186 Å². The maximum Gasteiger partial charge on any atom is 0.252 e. The summed E-state index contributed by atoms with van der Waals surface area (Å²) in [6.07, 6.45) is 0.589. The molecule has 0 fully saturated rings. The van der Waals surface area contributed by atoms with Gasteiger partial charge in [0.25, 0.3) is 10.0 Å². The van der Waals surface area contributed by atoms with E-state index in [1.54, 1.807) is 24.6 Å². The predicted molar refractivity (Wildman–Crippen MR) is 122 cm³/mol. The number of anilines is 1. The number of methoxy groups -OCH3 is 1. The van der Waals surface area contributed by atoms with E-state index in [4.69, 9.17) is 4.74 Å². The first-order chi connectivity index (χ1) is 14.5. The number of sulfonamides is 1. The van der Waals surface area contributed by atoms with E-state index in [0.717, 1.165) is 28.8 Å². The average Bonchev–Trinajstić information content (AvgIpc) is 3.44. The molecule has 30 heavy (non-hydrogen) atoms. The van der Waals surface area contributed by atoms with Gasteiger partial charge < -0.3 is 9.64 Å². The minimum atomic E-state index is -3.46. The molecule has 3 rings (SSSR count). The predicted octanol–water partition coefficient (Wildman–Crippen LogP) is 3.74. The molecule has 162 valence electrons. The largest absolute Gasteiger partial charge is 0.496 e. The van der Waals surface area contributed by atoms with Crippen molar-refractivity contribution in [3.05, 3.63) is 53.2 Å². The zero-order valence-electron chi connectivity index (χ0n) is 17.3. The number of thiophene rings is 1. The third kappa shape index (κ3) is 5.18. The summed E-state index contributed by atoms with van der Waals surface area (Å²) in [5.41, 5.74) is 1.03. The molecule has 2 heterocycles. The lowest BCUT2D eigenvalue weighted by atomic mass is 10.1. The lowest BCUT2D eigenvalue weighted by Gasteiger charge is -2.24. The summed E-state index contributed by atoms with van der Waals surface area (Å²) >= 11 is 2.58. The summed E-state index contributed by atoms with van der Waals surface area (Å²) in [6, 6.07) is 11.2. The molecular weight excluding hydrogens is 440 g/mol. The maximum atomic E-state index is 12.8. The molecule has 0 N–H and O–H groups in total. The third-order valence-electron chi connectivity index (χ3n) is 4.71. The van der Waals surface area contributed by atoms with Crippen molar-refractivity contribution in [1.82, 2.24) is 13.7 Å². The van der Waals surface area contributed by atoms with Gasteiger partial charge in [-0.05, 0) is 24.4 Å². The SMILES string of the molecule is CCN(CCN(CC)S(=O)(=O)c1cccs1)c1nc(Cc2ccccc2OC)ns1. The molecule has 2 aromatic heterocycles. The first kappa shape index (κ1) is 22.7. The topological polar surface area (TPSA) is 75.6 Å². The van der Waals surface area contributed by atoms with Crippen LogP contribution in [0, 0.1) is 0 Å². The second-order valence-corrected chi connectivity index (χ2v) is 10.3. The van der Waals surface area contributed by atoms with E-state index in [1.165, 1.54) is 27.2 Å². The van der Waals surface area contributed by atoms with E-state index in [9.17, 15) is 8.42 Å². The Morgan fingerprint density at radius 2 is 1.87 bits per heavy atom. The lowest BCUT2D eigenvalue weighted by molar-refractivity contribution is 0.410. The monoisotopic (exact) mass is 466 g/mol. The van der Waals surface area contributed by atoms with E-state index in [-0.39, 0.29) is 0 Å². The summed E-state index contributed by atoms with van der Waals surface area (Å²) in [5.74, 6) is 1.55. The molecule has 0 bridgehead atoms. The van der Waals surface area contributed by atoms with Gasteiger partial charge in [-0.3, -0.25) is 0 Å². The van der Waals surface area contributed by atoms with Gasteiger partial charge in [-0.25, -0.2) is 13.4 Å². The lowest BCUT2D eigenvalue weighted by Crippen LogP contribution is -2.38. The van der Waals surface area contributed by atoms with Gasteiger partial charge >= 0.3 is 0 Å². The smallest absolute Gasteiger partial charge is 0.252 e. The van der Waals surface area contributed by atoms with Gasteiger partial charge in [0, 0.05) is 49.7 Å². The first-order valence-corrected chi connectivity index (χ1v) is 12.8. The minimum Gasteiger partial charge on any atom is -0.496 e. The van der Waals surface area contributed by atoms with Crippen LogP contribution in [0.3, 0.4) is 0 Å². The van der Waals surface area contributed by atoms with Crippen molar-refractivity contribution in [1.29, 1.82) is 0 Å². The number of likely N-dealkylation sites (N-methyl/N-ethyl adjacent to an activating group) is 2. The Bertz CT molecular complexity index is 1040. The highest BCUT2D eigenvalue weighted by atomic mass is 32.2. The van der Waals surface area contributed by atoms with E-state index in [1.807, 2.05) is 38.1 Å². The van der Waals surface area contributed by atoms with Crippen LogP contribution in [0.2, 0.25) is 0 Å². The average molecular weight is 467 g/mol. The van der Waals surface area contributed by atoms with Crippen LogP contribution < -0.4 is 9.64 Å². The molecule has 0 aliphatic rings. The summed E-state index contributed by atoms with van der Waals surface area (Å²) in [4.78, 5) is 6.75. The Balaban J connectivity index is 1.68. The highest BCUT2D eigenvalue weighted by Gasteiger charge is 2.24. The number of nitrogens with zero attached hydrogens (tertiary/aromatic N) is 4. The Morgan fingerprint density at radius 3 is 2.53 bits per heavy atom. The van der Waals surface area contributed by atoms with Crippen molar-refractivity contribution < 1.29 is 13.2 Å². The molecule has 7 nitrogen and oxygen atoms in total. The summed E-state index contributed by atoms with van der Waals surface area (Å²) in [5, 5.41) is 2.58. The van der Waals surface area contributed by atoms with Gasteiger partial charge in [-0.15, -0.1) is 11.3 Å². The van der Waals surface area contributed by atoms with Gasteiger partial charge in [0.2, 0.25) is 5.13 Å². The Hall–Kier alpha value is -2.01. The van der Waals surface area contributed by atoms with Crippen LogP contribution in [0.15, 0.2) is 46.0 Å². The number of ether oxygens (including phenoxy) is 1. The highest BCUT2D eigenvalue weighted by molar-refractivity contribution is 7.91. The third-order valence-corrected chi connectivity index (χ3v) is 8.87. The van der Waals surface area contributed by atoms with Gasteiger partial charge in [0.05, 0.1) is 7.11 Å². The summed E-state index contributed by atoms with van der Waals surface area (Å²) in [6.45, 7) is 5.99. The normalized spacial score (nSPS) is 11.7. The van der Waals surface area contributed by atoms with Crippen LogP contribution in [-0.4, -0.2) is 55.4 Å². The van der Waals surface area contributed by atoms with Gasteiger partial charge in [0.15, 0.2) is 0 Å². The van der Waals surface area contributed by atoms with Crippen LogP contribution >= 0.6 is 22.9 Å². The molecule has 0 saturated carbocycles. The van der Waals surface area contributed by atoms with Crippen LogP contribution in [-0.2, 0) is 16.4 Å². The van der Waals surface area contributed by atoms with Crippen LogP contribution in [0.25, 0.3) is 0 Å². The Morgan fingerprint density at radius 1 is 1.07 bits per heavy atom. The standard InChI is InChI=1S/C20H26N4O3S3/c1-4-23(12-13-24(5-2)30(25,26)19-11-8-14-28-19)20-21-18(22-29-20)15-16-9-6-7-10-17(16)27-3/h6-11,14H,4-5,12-13,15H2,1-3H3. The molecule has 3 aromatic rings. The number of hydrogen-bond donors (Lipinski definition) is 0. The fourth-order valence-corrected chi connectivity index (χ4v) is 6.43. The molecular formula is C20H26N4O3S3. The van der Waals surface area contributed by atoms with Crippen molar-refractivity contribution >= 4 is 38.0 Å². The van der Waals surface area contributed by atoms with Crippen molar-refractivity contribution in [2.75, 3.05) is 38.2 Å². The highest BCUT2D eigenvalue weighted by Crippen LogP contribution is 2.24. The molecule has 0 spiro atoms. The first-order valence-electron chi connectivity index (χ1n) is 9.72. The fraction of sp³-hybridized carbons (Fsp3) is 0.400. The number of aromatic nitrogens is 2. The number of rotatable bonds is 11. The van der Waals surface area contributed by atoms with E-state index >= 15 is 0 Å². The molecule has 0 unspecified atom stereocenters. The van der Waals surface area contributed by atoms with Crippen molar-refractivity contribution in [3.63, 3.8) is 0 Å². The molecule has 1 aromatic carbocycles. The van der Waals surface area contributed by atoms with Crippen molar-refractivity contribution in [2.45, 2.75) is 24.5 Å². The van der Waals surface area contributed by atoms with Crippen molar-refractivity contribution in [3.8, 4) is 5.75 Å². The van der Waals surface area contributed by atoms with E-state index in [0.29, 0.717) is 30.3 Å². The zero-order chi connectivity index (χ0) is 21.6. The van der Waals surface area contributed by atoms with E-state index < -0.39 is 10.0 Å². The molecule has 0 amide bonds. The van der Waals surface area contributed by atoms with E-state index in [2.05, 4.69) is 14.3 Å². The molecule has 0 aliphatic heterocycles. The zero-order valence-corrected chi connectivity index (χ0v) is 19.8. The number of benzene rings is 1. The van der Waals surface area contributed by atoms with Gasteiger partial charge in [-0.1, -0.05) is 31.2 Å². The molecule has 0 aliphatic carbocycles. The molecule has 10 heteroatoms. The second kappa shape index (κ2) is 10.3. The van der Waals surface area contributed by atoms with Gasteiger partial charge in [-0.2, -0.15) is 8.68 Å². The second-order valence-electron chi connectivity index (χ2n) is 6.49. The van der Waals surface area contributed by atoms with Crippen LogP contribution in [0.1, 0.15) is 25.2 Å². The summed E-state index contributed by atoms with van der Waals surface area (Å²) in [7, 11) is -1.80. The number of para-hydroxylation sites is 1. The fourth-order valence-electron chi connectivity index (χ4n) is 3.07. The quantitative estimate of drug-likeness (QED) is 0.429. The summed E-state index contributed by atoms with van der Waals surface area (Å²) < 4.78 is 37.4. The molecule has 0 radical (unpaired) electrons. The Kier molecular flexibility index (Phi) is 7.81. The van der Waals surface area contributed by atoms with Crippen LogP contribution in [0.5, 0.6) is 5.75 Å². The van der Waals surface area contributed by atoms with Gasteiger partial charge in [0.1, 0.15) is 15.8 Å². The maximum absolute atomic E-state index is 12.8.